The van der Waals surface area contributed by atoms with Crippen LogP contribution in [0.3, 0.4) is 0 Å². The van der Waals surface area contributed by atoms with E-state index in [1.165, 1.54) is 0 Å². The molecule has 1 atom stereocenters. The van der Waals surface area contributed by atoms with Gasteiger partial charge in [0.2, 0.25) is 5.91 Å². The Morgan fingerprint density at radius 3 is 3.12 bits per heavy atom. The zero-order valence-electron chi connectivity index (χ0n) is 9.66. The monoisotopic (exact) mass is 230 g/mol. The number of anilines is 1. The van der Waals surface area contributed by atoms with Crippen molar-refractivity contribution in [3.8, 4) is 6.07 Å². The Bertz CT molecular complexity index is 478. The Balaban J connectivity index is 2.20. The van der Waals surface area contributed by atoms with E-state index in [1.807, 2.05) is 6.92 Å². The molecule has 0 radical (unpaired) electrons. The van der Waals surface area contributed by atoms with E-state index in [0.717, 1.165) is 25.1 Å². The fourth-order valence-corrected chi connectivity index (χ4v) is 1.83. The number of carbonyl (C=O) groups excluding carboxylic acids is 1. The summed E-state index contributed by atoms with van der Waals surface area (Å²) in [5.74, 6) is 0.470. The number of aromatic nitrogens is 1. The number of nitrogens with zero attached hydrogens (tertiary/aromatic N) is 2. The first kappa shape index (κ1) is 11.4. The fraction of sp³-hybridized carbons (Fsp3) is 0.417. The van der Waals surface area contributed by atoms with Gasteiger partial charge in [-0.2, -0.15) is 5.26 Å². The summed E-state index contributed by atoms with van der Waals surface area (Å²) in [5, 5.41) is 14.8. The van der Waals surface area contributed by atoms with Gasteiger partial charge in [0.25, 0.3) is 0 Å². The molecule has 2 rings (SSSR count). The van der Waals surface area contributed by atoms with Crippen LogP contribution in [0.15, 0.2) is 12.1 Å². The number of pyridine rings is 1. The van der Waals surface area contributed by atoms with Crippen LogP contribution in [0.25, 0.3) is 0 Å². The number of amides is 1. The van der Waals surface area contributed by atoms with Crippen LogP contribution in [0.5, 0.6) is 0 Å². The molecule has 88 valence electrons. The molecule has 0 bridgehead atoms. The molecule has 1 saturated heterocycles. The van der Waals surface area contributed by atoms with Gasteiger partial charge in [0.15, 0.2) is 0 Å². The maximum absolute atomic E-state index is 11.6. The van der Waals surface area contributed by atoms with E-state index >= 15 is 0 Å². The maximum Gasteiger partial charge on any atom is 0.242 e. The standard InChI is InChI=1S/C12H14N4O/c1-8-4-5-9(7-13)11(15-8)16-10-3-2-6-14-12(10)17/h4-5,10H,2-3,6H2,1H3,(H,14,17)(H,15,16). The van der Waals surface area contributed by atoms with Crippen LogP contribution in [0, 0.1) is 18.3 Å². The van der Waals surface area contributed by atoms with Gasteiger partial charge in [0.1, 0.15) is 17.9 Å². The zero-order chi connectivity index (χ0) is 12.3. The number of aryl methyl sites for hydroxylation is 1. The summed E-state index contributed by atoms with van der Waals surface area (Å²) in [6.45, 7) is 2.58. The molecule has 1 aromatic heterocycles. The first-order chi connectivity index (χ1) is 8.20. The van der Waals surface area contributed by atoms with Crippen molar-refractivity contribution >= 4 is 11.7 Å². The van der Waals surface area contributed by atoms with Crippen LogP contribution in [0.4, 0.5) is 5.82 Å². The SMILES string of the molecule is Cc1ccc(C#N)c(NC2CCCNC2=O)n1. The van der Waals surface area contributed by atoms with Crippen LogP contribution in [0.1, 0.15) is 24.1 Å². The highest BCUT2D eigenvalue weighted by Gasteiger charge is 2.22. The summed E-state index contributed by atoms with van der Waals surface area (Å²) in [6, 6.07) is 5.28. The molecule has 2 N–H and O–H groups in total. The van der Waals surface area contributed by atoms with Gasteiger partial charge in [0.05, 0.1) is 5.56 Å². The van der Waals surface area contributed by atoms with Gasteiger partial charge in [-0.25, -0.2) is 4.98 Å². The van der Waals surface area contributed by atoms with Crippen LogP contribution in [0.2, 0.25) is 0 Å². The molecule has 0 aliphatic carbocycles. The first-order valence-electron chi connectivity index (χ1n) is 5.62. The highest BCUT2D eigenvalue weighted by Crippen LogP contribution is 2.16. The second-order valence-electron chi connectivity index (χ2n) is 4.09. The van der Waals surface area contributed by atoms with Crippen LogP contribution in [-0.2, 0) is 4.79 Å². The molecule has 1 aliphatic rings. The number of rotatable bonds is 2. The molecule has 2 heterocycles. The number of piperidine rings is 1. The molecule has 17 heavy (non-hydrogen) atoms. The Morgan fingerprint density at radius 2 is 2.41 bits per heavy atom. The first-order valence-corrected chi connectivity index (χ1v) is 5.62. The number of hydrogen-bond acceptors (Lipinski definition) is 4. The minimum Gasteiger partial charge on any atom is -0.357 e. The summed E-state index contributed by atoms with van der Waals surface area (Å²) >= 11 is 0. The topological polar surface area (TPSA) is 77.8 Å². The van der Waals surface area contributed by atoms with Crippen molar-refractivity contribution in [3.63, 3.8) is 0 Å². The molecule has 5 heteroatoms. The summed E-state index contributed by atoms with van der Waals surface area (Å²) in [4.78, 5) is 15.9. The lowest BCUT2D eigenvalue weighted by molar-refractivity contribution is -0.123. The zero-order valence-corrected chi connectivity index (χ0v) is 9.66. The number of carbonyl (C=O) groups is 1. The highest BCUT2D eigenvalue weighted by atomic mass is 16.2. The van der Waals surface area contributed by atoms with Gasteiger partial charge in [-0.1, -0.05) is 0 Å². The van der Waals surface area contributed by atoms with Crippen LogP contribution in [-0.4, -0.2) is 23.5 Å². The summed E-state index contributed by atoms with van der Waals surface area (Å²) in [5.41, 5.74) is 1.29. The molecule has 0 saturated carbocycles. The van der Waals surface area contributed by atoms with Crippen molar-refractivity contribution in [2.75, 3.05) is 11.9 Å². The normalized spacial score (nSPS) is 19.3. The third-order valence-electron chi connectivity index (χ3n) is 2.75. The minimum atomic E-state index is -0.287. The average Bonchev–Trinajstić information content (AvgIpc) is 2.32. The summed E-state index contributed by atoms with van der Waals surface area (Å²) in [7, 11) is 0. The lowest BCUT2D eigenvalue weighted by Gasteiger charge is -2.23. The Kier molecular flexibility index (Phi) is 3.24. The quantitative estimate of drug-likeness (QED) is 0.793. The fourth-order valence-electron chi connectivity index (χ4n) is 1.83. The summed E-state index contributed by atoms with van der Waals surface area (Å²) in [6.07, 6.45) is 1.71. The predicted octanol–water partition coefficient (Wildman–Crippen LogP) is 0.952. The Hall–Kier alpha value is -2.09. The van der Waals surface area contributed by atoms with E-state index in [4.69, 9.17) is 5.26 Å². The van der Waals surface area contributed by atoms with E-state index in [9.17, 15) is 4.79 Å². The van der Waals surface area contributed by atoms with Crippen molar-refractivity contribution in [2.24, 2.45) is 0 Å². The number of nitrogens with one attached hydrogen (secondary N) is 2. The van der Waals surface area contributed by atoms with Gasteiger partial charge in [-0.05, 0) is 31.9 Å². The third kappa shape index (κ3) is 2.53. The molecular formula is C12H14N4O. The minimum absolute atomic E-state index is 0.0246. The number of hydrogen-bond donors (Lipinski definition) is 2. The molecule has 5 nitrogen and oxygen atoms in total. The molecule has 0 spiro atoms. The van der Waals surface area contributed by atoms with Gasteiger partial charge >= 0.3 is 0 Å². The molecule has 1 amide bonds. The number of nitriles is 1. The molecule has 1 unspecified atom stereocenters. The van der Waals surface area contributed by atoms with Gasteiger partial charge < -0.3 is 10.6 Å². The van der Waals surface area contributed by atoms with E-state index in [-0.39, 0.29) is 11.9 Å². The molecule has 1 aliphatic heterocycles. The van der Waals surface area contributed by atoms with Crippen molar-refractivity contribution < 1.29 is 4.79 Å². The Morgan fingerprint density at radius 1 is 1.59 bits per heavy atom. The van der Waals surface area contributed by atoms with E-state index in [1.54, 1.807) is 12.1 Å². The predicted molar refractivity (Wildman–Crippen MR) is 63.3 cm³/mol. The average molecular weight is 230 g/mol. The smallest absolute Gasteiger partial charge is 0.242 e. The van der Waals surface area contributed by atoms with Crippen LogP contribution < -0.4 is 10.6 Å². The third-order valence-corrected chi connectivity index (χ3v) is 2.75. The largest absolute Gasteiger partial charge is 0.357 e. The molecule has 1 aromatic rings. The molecule has 1 fully saturated rings. The molecular weight excluding hydrogens is 216 g/mol. The lowest BCUT2D eigenvalue weighted by atomic mass is 10.1. The van der Waals surface area contributed by atoms with Crippen molar-refractivity contribution in [3.05, 3.63) is 23.4 Å². The van der Waals surface area contributed by atoms with Crippen molar-refractivity contribution in [1.82, 2.24) is 10.3 Å². The second-order valence-corrected chi connectivity index (χ2v) is 4.09. The second kappa shape index (κ2) is 4.83. The van der Waals surface area contributed by atoms with Gasteiger partial charge in [-0.15, -0.1) is 0 Å². The lowest BCUT2D eigenvalue weighted by Crippen LogP contribution is -2.44. The van der Waals surface area contributed by atoms with E-state index in [0.29, 0.717) is 11.4 Å². The van der Waals surface area contributed by atoms with Gasteiger partial charge in [-0.3, -0.25) is 4.79 Å². The van der Waals surface area contributed by atoms with Crippen molar-refractivity contribution in [2.45, 2.75) is 25.8 Å². The maximum atomic E-state index is 11.6. The Labute approximate surface area is 99.9 Å². The molecule has 0 aromatic carbocycles. The van der Waals surface area contributed by atoms with Crippen LogP contribution >= 0.6 is 0 Å². The van der Waals surface area contributed by atoms with Crippen molar-refractivity contribution in [1.29, 1.82) is 5.26 Å². The van der Waals surface area contributed by atoms with E-state index < -0.39 is 0 Å². The summed E-state index contributed by atoms with van der Waals surface area (Å²) < 4.78 is 0. The van der Waals surface area contributed by atoms with E-state index in [2.05, 4.69) is 21.7 Å². The highest BCUT2D eigenvalue weighted by molar-refractivity contribution is 5.85. The van der Waals surface area contributed by atoms with Gasteiger partial charge in [0, 0.05) is 12.2 Å².